The van der Waals surface area contributed by atoms with Crippen LogP contribution in [0.2, 0.25) is 0 Å². The Morgan fingerprint density at radius 3 is 2.83 bits per heavy atom. The minimum atomic E-state index is -0.341. The van der Waals surface area contributed by atoms with Gasteiger partial charge in [0.25, 0.3) is 5.91 Å². The number of aryl methyl sites for hydroxylation is 1. The van der Waals surface area contributed by atoms with E-state index in [0.29, 0.717) is 17.9 Å². The summed E-state index contributed by atoms with van der Waals surface area (Å²) < 4.78 is 19.8. The Bertz CT molecular complexity index is 808. The molecule has 1 N–H and O–H groups in total. The number of amides is 1. The van der Waals surface area contributed by atoms with Gasteiger partial charge in [0.05, 0.1) is 6.20 Å². The van der Waals surface area contributed by atoms with Gasteiger partial charge in [0, 0.05) is 36.5 Å². The smallest absolute Gasteiger partial charge is 0.273 e. The Morgan fingerprint density at radius 2 is 2.13 bits per heavy atom. The first-order valence-electron chi connectivity index (χ1n) is 7.18. The van der Waals surface area contributed by atoms with E-state index in [-0.39, 0.29) is 17.4 Å². The Hall–Kier alpha value is -2.96. The van der Waals surface area contributed by atoms with Gasteiger partial charge in [-0.25, -0.2) is 4.39 Å². The van der Waals surface area contributed by atoms with Gasteiger partial charge in [0.1, 0.15) is 5.82 Å². The van der Waals surface area contributed by atoms with Gasteiger partial charge in [-0.05, 0) is 31.2 Å². The fourth-order valence-electron chi connectivity index (χ4n) is 2.08. The number of nitrogens with zero attached hydrogens (tertiary/aromatic N) is 3. The van der Waals surface area contributed by atoms with E-state index in [1.165, 1.54) is 18.2 Å². The summed E-state index contributed by atoms with van der Waals surface area (Å²) in [6.45, 7) is 3.12. The summed E-state index contributed by atoms with van der Waals surface area (Å²) in [6.07, 6.45) is 3.57. The number of nitrogens with one attached hydrogen (secondary N) is 1. The van der Waals surface area contributed by atoms with Crippen molar-refractivity contribution in [2.75, 3.05) is 0 Å². The molecule has 23 heavy (non-hydrogen) atoms. The first-order chi connectivity index (χ1) is 11.2. The minimum Gasteiger partial charge on any atom is -0.355 e. The van der Waals surface area contributed by atoms with Crippen molar-refractivity contribution in [3.8, 4) is 11.3 Å². The van der Waals surface area contributed by atoms with Crippen LogP contribution in [0.1, 0.15) is 23.0 Å². The zero-order chi connectivity index (χ0) is 16.2. The van der Waals surface area contributed by atoms with Crippen LogP contribution in [0.3, 0.4) is 0 Å². The molecule has 0 bridgehead atoms. The van der Waals surface area contributed by atoms with E-state index < -0.39 is 0 Å². The summed E-state index contributed by atoms with van der Waals surface area (Å²) in [5.41, 5.74) is 1.73. The van der Waals surface area contributed by atoms with Gasteiger partial charge < -0.3 is 9.84 Å². The molecule has 0 radical (unpaired) electrons. The summed E-state index contributed by atoms with van der Waals surface area (Å²) in [6, 6.07) is 7.30. The minimum absolute atomic E-state index is 0.173. The number of aromatic nitrogens is 3. The number of hydrogen-bond acceptors (Lipinski definition) is 4. The molecule has 3 rings (SSSR count). The normalized spacial score (nSPS) is 10.7. The molecule has 6 nitrogen and oxygen atoms in total. The summed E-state index contributed by atoms with van der Waals surface area (Å²) >= 11 is 0. The molecular formula is C16H15FN4O2. The fourth-order valence-corrected chi connectivity index (χ4v) is 2.08. The van der Waals surface area contributed by atoms with Crippen molar-refractivity contribution in [3.63, 3.8) is 0 Å². The van der Waals surface area contributed by atoms with Crippen LogP contribution in [0.15, 0.2) is 47.2 Å². The molecule has 0 saturated heterocycles. The van der Waals surface area contributed by atoms with E-state index in [9.17, 15) is 9.18 Å². The highest BCUT2D eigenvalue weighted by atomic mass is 19.1. The summed E-state index contributed by atoms with van der Waals surface area (Å²) in [4.78, 5) is 12.1. The van der Waals surface area contributed by atoms with E-state index in [1.54, 1.807) is 23.0 Å². The lowest BCUT2D eigenvalue weighted by Gasteiger charge is -1.99. The number of rotatable bonds is 5. The van der Waals surface area contributed by atoms with Crippen LogP contribution < -0.4 is 5.32 Å². The molecule has 1 aromatic carbocycles. The molecule has 0 aliphatic carbocycles. The molecular weight excluding hydrogens is 299 g/mol. The van der Waals surface area contributed by atoms with Crippen molar-refractivity contribution in [2.45, 2.75) is 20.0 Å². The van der Waals surface area contributed by atoms with Crippen LogP contribution in [-0.2, 0) is 13.1 Å². The van der Waals surface area contributed by atoms with E-state index in [4.69, 9.17) is 4.52 Å². The first kappa shape index (κ1) is 15.0. The van der Waals surface area contributed by atoms with Gasteiger partial charge >= 0.3 is 0 Å². The number of carbonyl (C=O) groups is 1. The molecule has 1 amide bonds. The maximum atomic E-state index is 12.9. The largest absolute Gasteiger partial charge is 0.355 e. The van der Waals surface area contributed by atoms with Crippen LogP contribution in [-0.4, -0.2) is 20.8 Å². The Labute approximate surface area is 131 Å². The average Bonchev–Trinajstić information content (AvgIpc) is 3.22. The van der Waals surface area contributed by atoms with Crippen LogP contribution >= 0.6 is 0 Å². The van der Waals surface area contributed by atoms with E-state index in [2.05, 4.69) is 15.6 Å². The molecule has 7 heteroatoms. The number of benzene rings is 1. The van der Waals surface area contributed by atoms with Gasteiger partial charge in [0.2, 0.25) is 0 Å². The van der Waals surface area contributed by atoms with Crippen molar-refractivity contribution in [2.24, 2.45) is 0 Å². The molecule has 0 spiro atoms. The molecule has 0 atom stereocenters. The second kappa shape index (κ2) is 6.43. The van der Waals surface area contributed by atoms with Gasteiger partial charge in [-0.1, -0.05) is 5.16 Å². The molecule has 0 fully saturated rings. The Balaban J connectivity index is 1.65. The average molecular weight is 314 g/mol. The molecule has 2 heterocycles. The van der Waals surface area contributed by atoms with E-state index >= 15 is 0 Å². The predicted octanol–water partition coefficient (Wildman–Crippen LogP) is 2.63. The molecule has 118 valence electrons. The lowest BCUT2D eigenvalue weighted by Crippen LogP contribution is -2.22. The maximum Gasteiger partial charge on any atom is 0.273 e. The number of hydrogen-bond donors (Lipinski definition) is 1. The second-order valence-corrected chi connectivity index (χ2v) is 4.97. The van der Waals surface area contributed by atoms with E-state index in [0.717, 1.165) is 12.1 Å². The first-order valence-corrected chi connectivity index (χ1v) is 7.18. The van der Waals surface area contributed by atoms with Crippen molar-refractivity contribution in [3.05, 3.63) is 59.8 Å². The Kier molecular flexibility index (Phi) is 4.18. The van der Waals surface area contributed by atoms with Gasteiger partial charge in [-0.15, -0.1) is 0 Å². The number of halogens is 1. The van der Waals surface area contributed by atoms with Crippen LogP contribution in [0.5, 0.6) is 0 Å². The molecule has 0 aliphatic heterocycles. The highest BCUT2D eigenvalue weighted by Crippen LogP contribution is 2.20. The molecule has 0 unspecified atom stereocenters. The third-order valence-electron chi connectivity index (χ3n) is 3.34. The van der Waals surface area contributed by atoms with Crippen molar-refractivity contribution >= 4 is 5.91 Å². The summed E-state index contributed by atoms with van der Waals surface area (Å²) in [7, 11) is 0. The standard InChI is InChI=1S/C16H15FN4O2/c1-2-21-10-11(9-19-21)8-18-16(22)14-7-15(23-20-14)12-3-5-13(17)6-4-12/h3-7,9-10H,2,8H2,1H3,(H,18,22). The maximum absolute atomic E-state index is 12.9. The molecule has 2 aromatic heterocycles. The molecule has 0 saturated carbocycles. The highest BCUT2D eigenvalue weighted by Gasteiger charge is 2.13. The fraction of sp³-hybridized carbons (Fsp3) is 0.188. The second-order valence-electron chi connectivity index (χ2n) is 4.97. The van der Waals surface area contributed by atoms with Crippen LogP contribution in [0.4, 0.5) is 4.39 Å². The van der Waals surface area contributed by atoms with Gasteiger partial charge in [-0.3, -0.25) is 9.48 Å². The van der Waals surface area contributed by atoms with Crippen molar-refractivity contribution in [1.29, 1.82) is 0 Å². The quantitative estimate of drug-likeness (QED) is 0.785. The van der Waals surface area contributed by atoms with Gasteiger partial charge in [-0.2, -0.15) is 5.10 Å². The summed E-state index contributed by atoms with van der Waals surface area (Å²) in [5, 5.41) is 10.6. The summed E-state index contributed by atoms with van der Waals surface area (Å²) in [5.74, 6) is -0.265. The monoisotopic (exact) mass is 314 g/mol. The third-order valence-corrected chi connectivity index (χ3v) is 3.34. The highest BCUT2D eigenvalue weighted by molar-refractivity contribution is 5.93. The lowest BCUT2D eigenvalue weighted by molar-refractivity contribution is 0.0942. The molecule has 3 aromatic rings. The zero-order valence-corrected chi connectivity index (χ0v) is 12.5. The van der Waals surface area contributed by atoms with Crippen LogP contribution in [0.25, 0.3) is 11.3 Å². The SMILES string of the molecule is CCn1cc(CNC(=O)c2cc(-c3ccc(F)cc3)on2)cn1. The van der Waals surface area contributed by atoms with Gasteiger partial charge in [0.15, 0.2) is 11.5 Å². The van der Waals surface area contributed by atoms with E-state index in [1.807, 2.05) is 13.1 Å². The number of carbonyl (C=O) groups excluding carboxylic acids is 1. The topological polar surface area (TPSA) is 73.0 Å². The van der Waals surface area contributed by atoms with Crippen molar-refractivity contribution in [1.82, 2.24) is 20.3 Å². The third kappa shape index (κ3) is 3.45. The van der Waals surface area contributed by atoms with Crippen LogP contribution in [0, 0.1) is 5.82 Å². The van der Waals surface area contributed by atoms with Crippen molar-refractivity contribution < 1.29 is 13.7 Å². The zero-order valence-electron chi connectivity index (χ0n) is 12.5. The lowest BCUT2D eigenvalue weighted by atomic mass is 10.1. The molecule has 0 aliphatic rings. The Morgan fingerprint density at radius 1 is 1.35 bits per heavy atom. The predicted molar refractivity (Wildman–Crippen MR) is 81.0 cm³/mol.